The van der Waals surface area contributed by atoms with Crippen molar-refractivity contribution in [2.45, 2.75) is 18.3 Å². The summed E-state index contributed by atoms with van der Waals surface area (Å²) >= 11 is 0. The SMILES string of the molecule is COCCN(C)C(=O)C1(c2ccc(N)cc2)CC1. The number of benzene rings is 1. The third-order valence-electron chi connectivity index (χ3n) is 3.60. The Morgan fingerprint density at radius 2 is 2.00 bits per heavy atom. The lowest BCUT2D eigenvalue weighted by molar-refractivity contribution is -0.133. The first-order chi connectivity index (χ1) is 8.60. The summed E-state index contributed by atoms with van der Waals surface area (Å²) in [5.41, 5.74) is 7.18. The maximum atomic E-state index is 12.5. The molecule has 0 bridgehead atoms. The van der Waals surface area contributed by atoms with E-state index in [0.29, 0.717) is 13.2 Å². The van der Waals surface area contributed by atoms with E-state index in [0.717, 1.165) is 24.1 Å². The first-order valence-corrected chi connectivity index (χ1v) is 6.21. The van der Waals surface area contributed by atoms with Crippen LogP contribution in [0.3, 0.4) is 0 Å². The van der Waals surface area contributed by atoms with E-state index < -0.39 is 0 Å². The fourth-order valence-electron chi connectivity index (χ4n) is 2.25. The van der Waals surface area contributed by atoms with Gasteiger partial charge in [-0.2, -0.15) is 0 Å². The number of rotatable bonds is 5. The van der Waals surface area contributed by atoms with E-state index in [-0.39, 0.29) is 11.3 Å². The largest absolute Gasteiger partial charge is 0.399 e. The molecule has 1 amide bonds. The highest BCUT2D eigenvalue weighted by atomic mass is 16.5. The zero-order valence-corrected chi connectivity index (χ0v) is 11.0. The van der Waals surface area contributed by atoms with Gasteiger partial charge in [0.1, 0.15) is 0 Å². The third kappa shape index (κ3) is 2.34. The highest BCUT2D eigenvalue weighted by Crippen LogP contribution is 2.49. The molecular weight excluding hydrogens is 228 g/mol. The van der Waals surface area contributed by atoms with Crippen molar-refractivity contribution >= 4 is 11.6 Å². The lowest BCUT2D eigenvalue weighted by Gasteiger charge is -2.23. The molecule has 4 heteroatoms. The molecule has 1 saturated carbocycles. The molecule has 0 atom stereocenters. The fourth-order valence-corrected chi connectivity index (χ4v) is 2.25. The van der Waals surface area contributed by atoms with E-state index in [1.165, 1.54) is 0 Å². The summed E-state index contributed by atoms with van der Waals surface area (Å²) in [5, 5.41) is 0. The zero-order chi connectivity index (χ0) is 13.2. The first-order valence-electron chi connectivity index (χ1n) is 6.21. The minimum absolute atomic E-state index is 0.185. The molecule has 1 aliphatic carbocycles. The maximum Gasteiger partial charge on any atom is 0.233 e. The molecular formula is C14H20N2O2. The maximum absolute atomic E-state index is 12.5. The van der Waals surface area contributed by atoms with Gasteiger partial charge in [0.2, 0.25) is 5.91 Å². The number of anilines is 1. The van der Waals surface area contributed by atoms with Crippen LogP contribution >= 0.6 is 0 Å². The summed E-state index contributed by atoms with van der Waals surface area (Å²) in [6.45, 7) is 1.20. The van der Waals surface area contributed by atoms with Crippen LogP contribution in [0, 0.1) is 0 Å². The zero-order valence-electron chi connectivity index (χ0n) is 11.0. The smallest absolute Gasteiger partial charge is 0.233 e. The Morgan fingerprint density at radius 3 is 2.50 bits per heavy atom. The monoisotopic (exact) mass is 248 g/mol. The second-order valence-corrected chi connectivity index (χ2v) is 4.92. The normalized spacial score (nSPS) is 16.3. The van der Waals surface area contributed by atoms with E-state index >= 15 is 0 Å². The number of ether oxygens (including phenoxy) is 1. The molecule has 1 aliphatic rings. The molecule has 0 saturated heterocycles. The molecule has 0 aromatic heterocycles. The molecule has 1 aromatic rings. The van der Waals surface area contributed by atoms with Crippen molar-refractivity contribution in [3.05, 3.63) is 29.8 Å². The Morgan fingerprint density at radius 1 is 1.39 bits per heavy atom. The molecule has 1 fully saturated rings. The van der Waals surface area contributed by atoms with Crippen molar-refractivity contribution in [2.24, 2.45) is 0 Å². The van der Waals surface area contributed by atoms with Gasteiger partial charge in [-0.25, -0.2) is 0 Å². The molecule has 18 heavy (non-hydrogen) atoms. The van der Waals surface area contributed by atoms with E-state index in [1.54, 1.807) is 12.0 Å². The van der Waals surface area contributed by atoms with E-state index in [1.807, 2.05) is 31.3 Å². The Hall–Kier alpha value is -1.55. The van der Waals surface area contributed by atoms with Gasteiger partial charge in [-0.1, -0.05) is 12.1 Å². The van der Waals surface area contributed by atoms with Crippen molar-refractivity contribution in [3.8, 4) is 0 Å². The Labute approximate surface area is 108 Å². The molecule has 0 unspecified atom stereocenters. The molecule has 0 radical (unpaired) electrons. The van der Waals surface area contributed by atoms with Crippen LogP contribution in [0.1, 0.15) is 18.4 Å². The summed E-state index contributed by atoms with van der Waals surface area (Å²) < 4.78 is 5.01. The van der Waals surface area contributed by atoms with E-state index in [2.05, 4.69) is 0 Å². The van der Waals surface area contributed by atoms with Crippen LogP contribution in [0.25, 0.3) is 0 Å². The van der Waals surface area contributed by atoms with Gasteiger partial charge in [0.25, 0.3) is 0 Å². The van der Waals surface area contributed by atoms with Crippen molar-refractivity contribution in [1.29, 1.82) is 0 Å². The molecule has 0 aliphatic heterocycles. The Kier molecular flexibility index (Phi) is 3.57. The number of nitrogens with two attached hydrogens (primary N) is 1. The molecule has 4 nitrogen and oxygen atoms in total. The fraction of sp³-hybridized carbons (Fsp3) is 0.500. The lowest BCUT2D eigenvalue weighted by atomic mass is 9.94. The number of amides is 1. The summed E-state index contributed by atoms with van der Waals surface area (Å²) in [4.78, 5) is 14.2. The van der Waals surface area contributed by atoms with Crippen LogP contribution in [-0.2, 0) is 14.9 Å². The van der Waals surface area contributed by atoms with Crippen LogP contribution in [-0.4, -0.2) is 38.1 Å². The minimum atomic E-state index is -0.309. The quantitative estimate of drug-likeness (QED) is 0.801. The van der Waals surface area contributed by atoms with Gasteiger partial charge in [-0.15, -0.1) is 0 Å². The van der Waals surface area contributed by atoms with Gasteiger partial charge in [-0.05, 0) is 30.5 Å². The lowest BCUT2D eigenvalue weighted by Crippen LogP contribution is -2.38. The average molecular weight is 248 g/mol. The van der Waals surface area contributed by atoms with Crippen LogP contribution in [0.5, 0.6) is 0 Å². The summed E-state index contributed by atoms with van der Waals surface area (Å²) in [7, 11) is 3.48. The number of hydrogen-bond acceptors (Lipinski definition) is 3. The standard InChI is InChI=1S/C14H20N2O2/c1-16(9-10-18-2)13(17)14(7-8-14)11-3-5-12(15)6-4-11/h3-6H,7-10,15H2,1-2H3. The average Bonchev–Trinajstić information content (AvgIpc) is 3.17. The predicted octanol–water partition coefficient (Wildman–Crippen LogP) is 1.41. The van der Waals surface area contributed by atoms with Crippen molar-refractivity contribution in [3.63, 3.8) is 0 Å². The van der Waals surface area contributed by atoms with Crippen molar-refractivity contribution in [2.75, 3.05) is 33.0 Å². The summed E-state index contributed by atoms with van der Waals surface area (Å²) in [6.07, 6.45) is 1.85. The van der Waals surface area contributed by atoms with Crippen molar-refractivity contribution < 1.29 is 9.53 Å². The van der Waals surface area contributed by atoms with E-state index in [4.69, 9.17) is 10.5 Å². The highest BCUT2D eigenvalue weighted by Gasteiger charge is 2.52. The second-order valence-electron chi connectivity index (χ2n) is 4.92. The summed E-state index contributed by atoms with van der Waals surface area (Å²) in [5.74, 6) is 0.185. The number of nitrogen functional groups attached to an aromatic ring is 1. The summed E-state index contributed by atoms with van der Waals surface area (Å²) in [6, 6.07) is 7.64. The third-order valence-corrected chi connectivity index (χ3v) is 3.60. The van der Waals surface area contributed by atoms with Crippen LogP contribution in [0.4, 0.5) is 5.69 Å². The number of hydrogen-bond donors (Lipinski definition) is 1. The second kappa shape index (κ2) is 4.98. The Bertz CT molecular complexity index is 424. The Balaban J connectivity index is 2.11. The molecule has 2 N–H and O–H groups in total. The van der Waals surface area contributed by atoms with Crippen LogP contribution < -0.4 is 5.73 Å². The van der Waals surface area contributed by atoms with Crippen molar-refractivity contribution in [1.82, 2.24) is 4.90 Å². The molecule has 98 valence electrons. The first kappa shape index (κ1) is 12.9. The topological polar surface area (TPSA) is 55.6 Å². The predicted molar refractivity (Wildman–Crippen MR) is 71.3 cm³/mol. The number of methoxy groups -OCH3 is 1. The number of nitrogens with zero attached hydrogens (tertiary/aromatic N) is 1. The van der Waals surface area contributed by atoms with Gasteiger partial charge in [0, 0.05) is 26.4 Å². The van der Waals surface area contributed by atoms with Gasteiger partial charge in [-0.3, -0.25) is 4.79 Å². The minimum Gasteiger partial charge on any atom is -0.399 e. The number of likely N-dealkylation sites (N-methyl/N-ethyl adjacent to an activating group) is 1. The number of carbonyl (C=O) groups is 1. The highest BCUT2D eigenvalue weighted by molar-refractivity contribution is 5.91. The van der Waals surface area contributed by atoms with Crippen LogP contribution in [0.2, 0.25) is 0 Å². The van der Waals surface area contributed by atoms with Gasteiger partial charge in [0.15, 0.2) is 0 Å². The molecule has 0 spiro atoms. The van der Waals surface area contributed by atoms with E-state index in [9.17, 15) is 4.79 Å². The van der Waals surface area contributed by atoms with Gasteiger partial charge < -0.3 is 15.4 Å². The van der Waals surface area contributed by atoms with Gasteiger partial charge in [0.05, 0.1) is 12.0 Å². The van der Waals surface area contributed by atoms with Gasteiger partial charge >= 0.3 is 0 Å². The molecule has 0 heterocycles. The van der Waals surface area contributed by atoms with Crippen LogP contribution in [0.15, 0.2) is 24.3 Å². The molecule has 2 rings (SSSR count). The number of carbonyl (C=O) groups excluding carboxylic acids is 1. The molecule has 1 aromatic carbocycles.